The van der Waals surface area contributed by atoms with E-state index in [9.17, 15) is 0 Å². The third kappa shape index (κ3) is 2.44. The molecule has 0 N–H and O–H groups in total. The van der Waals surface area contributed by atoms with Gasteiger partial charge in [0, 0.05) is 35.9 Å². The van der Waals surface area contributed by atoms with E-state index in [4.69, 9.17) is 0 Å². The van der Waals surface area contributed by atoms with Crippen molar-refractivity contribution in [2.75, 3.05) is 11.6 Å². The molecule has 1 aromatic carbocycles. The van der Waals surface area contributed by atoms with Gasteiger partial charge in [-0.05, 0) is 39.8 Å². The van der Waals surface area contributed by atoms with Gasteiger partial charge in [-0.25, -0.2) is 0 Å². The quantitative estimate of drug-likeness (QED) is 0.515. The summed E-state index contributed by atoms with van der Waals surface area (Å²) in [5.41, 5.74) is 4.60. The molecule has 2 aliphatic rings. The number of allylic oxidation sites excluding steroid dienone is 4. The summed E-state index contributed by atoms with van der Waals surface area (Å²) in [5, 5.41) is 1.59. The highest BCUT2D eigenvalue weighted by Crippen LogP contribution is 2.57. The molecule has 0 saturated carbocycles. The second-order valence-electron chi connectivity index (χ2n) is 7.22. The summed E-state index contributed by atoms with van der Waals surface area (Å²) in [7, 11) is 2.88. The predicted octanol–water partition coefficient (Wildman–Crippen LogP) is 4.66. The Morgan fingerprint density at radius 2 is 1.77 bits per heavy atom. The maximum atomic E-state index is 3.89. The number of benzene rings is 1. The van der Waals surface area contributed by atoms with Gasteiger partial charge < -0.3 is 4.57 Å². The number of anilines is 1. The molecule has 0 bridgehead atoms. The monoisotopic (exact) mass is 453 g/mol. The van der Waals surface area contributed by atoms with Gasteiger partial charge in [-0.3, -0.25) is 0 Å². The van der Waals surface area contributed by atoms with Crippen LogP contribution in [0.1, 0.15) is 33.3 Å². The highest BCUT2D eigenvalue weighted by Gasteiger charge is 2.44. The number of hydrogen-bond acceptors (Lipinski definition) is 1. The molecule has 1 aliphatic heterocycles. The van der Waals surface area contributed by atoms with Gasteiger partial charge in [0.1, 0.15) is 0 Å². The fraction of sp³-hybridized carbons (Fsp3) is 0.412. The van der Waals surface area contributed by atoms with Gasteiger partial charge in [0.2, 0.25) is 0 Å². The van der Waals surface area contributed by atoms with Crippen molar-refractivity contribution < 1.29 is 0 Å². The molecule has 5 heteroatoms. The van der Waals surface area contributed by atoms with Crippen LogP contribution in [0.25, 0.3) is 5.57 Å². The van der Waals surface area contributed by atoms with E-state index in [1.807, 2.05) is 0 Å². The molecule has 0 aromatic heterocycles. The summed E-state index contributed by atoms with van der Waals surface area (Å²) in [6.45, 7) is 9.52. The normalized spacial score (nSPS) is 22.0. The Kier molecular flexibility index (Phi) is 4.16. The molecule has 0 radical (unpaired) electrons. The van der Waals surface area contributed by atoms with Gasteiger partial charge >= 0.3 is 0 Å². The summed E-state index contributed by atoms with van der Waals surface area (Å²) < 4.78 is 4.99. The minimum Gasteiger partial charge on any atom is -0.386 e. The molecule has 1 heterocycles. The Bertz CT molecular complexity index is 745. The van der Waals surface area contributed by atoms with Gasteiger partial charge in [0.05, 0.1) is 8.77 Å². The highest BCUT2D eigenvalue weighted by molar-refractivity contribution is 9.12. The molecule has 0 saturated heterocycles. The lowest BCUT2D eigenvalue weighted by atomic mass is 9.60. The number of nitrogens with zero attached hydrogens (tertiary/aromatic N) is 1. The predicted molar refractivity (Wildman–Crippen MR) is 108 cm³/mol. The Morgan fingerprint density at radius 1 is 1.09 bits per heavy atom. The molecular formula is C17H21Br2NSi2. The molecule has 1 nitrogen and oxygen atoms in total. The van der Waals surface area contributed by atoms with Crippen LogP contribution in [0.3, 0.4) is 0 Å². The Hall–Kier alpha value is -0.106. The zero-order chi connectivity index (χ0) is 16.3. The standard InChI is InChI=1S/C17H21Br2NSi2/c1-16(2)9-12(19)15-14(17(16,3)4)11-8-10(18)6-7-13(11)20(5)22-21-15/h6-9,21-22H,1-5H3. The van der Waals surface area contributed by atoms with E-state index in [0.717, 1.165) is 4.47 Å². The average molecular weight is 455 g/mol. The van der Waals surface area contributed by atoms with Crippen molar-refractivity contribution in [3.8, 4) is 0 Å². The van der Waals surface area contributed by atoms with Gasteiger partial charge in [-0.15, -0.1) is 0 Å². The van der Waals surface area contributed by atoms with Crippen LogP contribution in [0.2, 0.25) is 0 Å². The lowest BCUT2D eigenvalue weighted by molar-refractivity contribution is 0.242. The number of hydrogen-bond donors (Lipinski definition) is 0. The summed E-state index contributed by atoms with van der Waals surface area (Å²) in [4.78, 5) is 0. The molecule has 0 spiro atoms. The SMILES string of the molecule is CN1[SiH]=[SiH]C2=C(c3cc(Br)ccc31)C(C)(C)C(C)(C)C=C2Br. The van der Waals surface area contributed by atoms with Gasteiger partial charge in [-0.1, -0.05) is 65.6 Å². The maximum Gasteiger partial charge on any atom is 0.0874 e. The molecular weight excluding hydrogens is 434 g/mol. The molecule has 0 atom stereocenters. The van der Waals surface area contributed by atoms with Crippen LogP contribution < -0.4 is 4.57 Å². The van der Waals surface area contributed by atoms with Crippen molar-refractivity contribution in [3.05, 3.63) is 44.0 Å². The van der Waals surface area contributed by atoms with Crippen LogP contribution in [-0.2, 0) is 0 Å². The van der Waals surface area contributed by atoms with Crippen LogP contribution in [0.5, 0.6) is 0 Å². The van der Waals surface area contributed by atoms with Gasteiger partial charge in [0.15, 0.2) is 0 Å². The van der Waals surface area contributed by atoms with Crippen molar-refractivity contribution in [1.82, 2.24) is 0 Å². The minimum absolute atomic E-state index is 0.118. The van der Waals surface area contributed by atoms with Crippen molar-refractivity contribution in [2.24, 2.45) is 10.8 Å². The lowest BCUT2D eigenvalue weighted by Gasteiger charge is -2.46. The van der Waals surface area contributed by atoms with Crippen molar-refractivity contribution in [2.45, 2.75) is 27.7 Å². The smallest absolute Gasteiger partial charge is 0.0874 e. The zero-order valence-electron chi connectivity index (χ0n) is 13.7. The lowest BCUT2D eigenvalue weighted by Crippen LogP contribution is -2.35. The molecule has 3 rings (SSSR count). The number of halogens is 2. The Morgan fingerprint density at radius 3 is 2.45 bits per heavy atom. The van der Waals surface area contributed by atoms with Gasteiger partial charge in [-0.2, -0.15) is 0 Å². The molecule has 0 fully saturated rings. The van der Waals surface area contributed by atoms with Crippen molar-refractivity contribution >= 4 is 60.5 Å². The van der Waals surface area contributed by atoms with Gasteiger partial charge in [0.25, 0.3) is 0 Å². The summed E-state index contributed by atoms with van der Waals surface area (Å²) >= 11 is 7.57. The zero-order valence-corrected chi connectivity index (χ0v) is 19.1. The maximum absolute atomic E-state index is 3.89. The van der Waals surface area contributed by atoms with Crippen LogP contribution in [0.4, 0.5) is 5.69 Å². The molecule has 0 unspecified atom stereocenters. The number of rotatable bonds is 0. The highest BCUT2D eigenvalue weighted by atomic mass is 79.9. The largest absolute Gasteiger partial charge is 0.386 e. The molecule has 0 amide bonds. The van der Waals surface area contributed by atoms with Crippen LogP contribution in [0, 0.1) is 10.8 Å². The van der Waals surface area contributed by atoms with E-state index < -0.39 is 0 Å². The van der Waals surface area contributed by atoms with Crippen LogP contribution >= 0.6 is 31.9 Å². The first-order valence-corrected chi connectivity index (χ1v) is 12.8. The molecule has 116 valence electrons. The third-order valence-corrected chi connectivity index (χ3v) is 11.5. The van der Waals surface area contributed by atoms with Crippen molar-refractivity contribution in [1.29, 1.82) is 0 Å². The Balaban J connectivity index is 2.40. The van der Waals surface area contributed by atoms with E-state index in [2.05, 4.69) is 95.4 Å². The fourth-order valence-electron chi connectivity index (χ4n) is 3.28. The average Bonchev–Trinajstić information content (AvgIpc) is 2.54. The first kappa shape index (κ1) is 16.7. The molecule has 22 heavy (non-hydrogen) atoms. The second-order valence-corrected chi connectivity index (χ2v) is 12.9. The van der Waals surface area contributed by atoms with Crippen molar-refractivity contribution in [3.63, 3.8) is 0 Å². The van der Waals surface area contributed by atoms with E-state index >= 15 is 0 Å². The second kappa shape index (κ2) is 5.47. The van der Waals surface area contributed by atoms with Crippen LogP contribution in [-0.4, -0.2) is 24.4 Å². The first-order valence-electron chi connectivity index (χ1n) is 7.49. The summed E-state index contributed by atoms with van der Waals surface area (Å²) in [6, 6.07) is 6.76. The first-order chi connectivity index (χ1) is 10.1. The van der Waals surface area contributed by atoms with E-state index in [1.54, 1.807) is 10.8 Å². The van der Waals surface area contributed by atoms with E-state index in [1.165, 1.54) is 15.7 Å². The van der Waals surface area contributed by atoms with Crippen LogP contribution in [0.15, 0.2) is 38.4 Å². The topological polar surface area (TPSA) is 3.24 Å². The van der Waals surface area contributed by atoms with E-state index in [-0.39, 0.29) is 10.8 Å². The third-order valence-electron chi connectivity index (χ3n) is 5.32. The molecule has 1 aliphatic carbocycles. The molecule has 1 aromatic rings. The fourth-order valence-corrected chi connectivity index (χ4v) is 9.86. The van der Waals surface area contributed by atoms with E-state index in [0.29, 0.717) is 17.4 Å². The summed E-state index contributed by atoms with van der Waals surface area (Å²) in [5.74, 6) is 0. The Labute approximate surface area is 154 Å². The number of fused-ring (bicyclic) bond motifs is 2. The summed E-state index contributed by atoms with van der Waals surface area (Å²) in [6.07, 6.45) is 2.43. The minimum atomic E-state index is 0.118.